The van der Waals surface area contributed by atoms with Gasteiger partial charge >= 0.3 is 0 Å². The monoisotopic (exact) mass is 255 g/mol. The molecule has 0 unspecified atom stereocenters. The van der Waals surface area contributed by atoms with Crippen molar-refractivity contribution >= 4 is 5.82 Å². The maximum atomic E-state index is 6.04. The number of nitrogens with zero attached hydrogens (tertiary/aromatic N) is 2. The summed E-state index contributed by atoms with van der Waals surface area (Å²) in [6.45, 7) is 4.93. The third-order valence-corrected chi connectivity index (χ3v) is 3.20. The molecule has 0 bridgehead atoms. The average molecular weight is 255 g/mol. The van der Waals surface area contributed by atoms with Crippen LogP contribution in [-0.4, -0.2) is 15.6 Å². The summed E-state index contributed by atoms with van der Waals surface area (Å²) in [5.41, 5.74) is 2.34. The van der Waals surface area contributed by atoms with Gasteiger partial charge in [0.1, 0.15) is 17.2 Å². The normalized spacial score (nSPS) is 15.7. The van der Waals surface area contributed by atoms with Crippen LogP contribution in [0.3, 0.4) is 0 Å². The molecule has 0 radical (unpaired) electrons. The zero-order chi connectivity index (χ0) is 13.3. The predicted molar refractivity (Wildman–Crippen MR) is 74.2 cm³/mol. The zero-order valence-corrected chi connectivity index (χ0v) is 11.2. The fraction of sp³-hybridized carbons (Fsp3) is 0.333. The van der Waals surface area contributed by atoms with E-state index in [1.165, 1.54) is 5.56 Å². The molecular weight excluding hydrogens is 238 g/mol. The third-order valence-electron chi connectivity index (χ3n) is 3.20. The predicted octanol–water partition coefficient (Wildman–Crippen LogP) is 2.80. The van der Waals surface area contributed by atoms with Crippen molar-refractivity contribution in [2.45, 2.75) is 32.4 Å². The Morgan fingerprint density at radius 2 is 2.21 bits per heavy atom. The van der Waals surface area contributed by atoms with Crippen LogP contribution < -0.4 is 10.1 Å². The third kappa shape index (κ3) is 2.52. The van der Waals surface area contributed by atoms with Gasteiger partial charge in [0, 0.05) is 30.9 Å². The lowest BCUT2D eigenvalue weighted by Crippen LogP contribution is -2.25. The first-order valence-corrected chi connectivity index (χ1v) is 6.44. The van der Waals surface area contributed by atoms with E-state index in [-0.39, 0.29) is 5.60 Å². The van der Waals surface area contributed by atoms with E-state index in [4.69, 9.17) is 4.74 Å². The van der Waals surface area contributed by atoms with Gasteiger partial charge in [-0.25, -0.2) is 4.98 Å². The number of para-hydroxylation sites is 1. The Balaban J connectivity index is 1.79. The lowest BCUT2D eigenvalue weighted by molar-refractivity contribution is 0.137. The van der Waals surface area contributed by atoms with Crippen molar-refractivity contribution in [3.63, 3.8) is 0 Å². The highest BCUT2D eigenvalue weighted by molar-refractivity contribution is 5.47. The highest BCUT2D eigenvalue weighted by atomic mass is 16.5. The molecule has 0 saturated carbocycles. The first-order valence-electron chi connectivity index (χ1n) is 6.44. The molecule has 0 amide bonds. The molecule has 98 valence electrons. The lowest BCUT2D eigenvalue weighted by atomic mass is 10.0. The minimum Gasteiger partial charge on any atom is -0.487 e. The van der Waals surface area contributed by atoms with Crippen molar-refractivity contribution in [1.29, 1.82) is 0 Å². The van der Waals surface area contributed by atoms with Crippen molar-refractivity contribution in [1.82, 2.24) is 9.97 Å². The van der Waals surface area contributed by atoms with E-state index in [9.17, 15) is 0 Å². The van der Waals surface area contributed by atoms with Gasteiger partial charge in [-0.2, -0.15) is 0 Å². The lowest BCUT2D eigenvalue weighted by Gasteiger charge is -2.18. The molecule has 3 rings (SSSR count). The van der Waals surface area contributed by atoms with E-state index in [2.05, 4.69) is 47.3 Å². The van der Waals surface area contributed by atoms with Crippen molar-refractivity contribution in [3.05, 3.63) is 47.9 Å². The topological polar surface area (TPSA) is 47.0 Å². The van der Waals surface area contributed by atoms with Crippen LogP contribution in [0.4, 0.5) is 5.82 Å². The number of rotatable bonds is 3. The van der Waals surface area contributed by atoms with E-state index in [0.717, 1.165) is 23.6 Å². The summed E-state index contributed by atoms with van der Waals surface area (Å²) in [4.78, 5) is 8.24. The fourth-order valence-electron chi connectivity index (χ4n) is 2.39. The minimum atomic E-state index is -0.106. The Hall–Kier alpha value is -2.10. The van der Waals surface area contributed by atoms with Crippen LogP contribution in [0.1, 0.15) is 25.0 Å². The summed E-state index contributed by atoms with van der Waals surface area (Å²) in [6.07, 6.45) is 6.02. The molecular formula is C15H17N3O. The van der Waals surface area contributed by atoms with E-state index < -0.39 is 0 Å². The van der Waals surface area contributed by atoms with Gasteiger partial charge < -0.3 is 10.1 Å². The highest BCUT2D eigenvalue weighted by Crippen LogP contribution is 2.37. The van der Waals surface area contributed by atoms with E-state index in [1.54, 1.807) is 18.6 Å². The van der Waals surface area contributed by atoms with Gasteiger partial charge in [-0.05, 0) is 19.4 Å². The number of fused-ring (bicyclic) bond motifs is 1. The number of hydrogen-bond donors (Lipinski definition) is 1. The number of ether oxygens (including phenoxy) is 1. The summed E-state index contributed by atoms with van der Waals surface area (Å²) in [5.74, 6) is 1.79. The van der Waals surface area contributed by atoms with Crippen LogP contribution in [0.2, 0.25) is 0 Å². The summed E-state index contributed by atoms with van der Waals surface area (Å²) in [6, 6.07) is 6.30. The molecule has 1 aliphatic rings. The molecule has 4 nitrogen and oxygen atoms in total. The van der Waals surface area contributed by atoms with Crippen molar-refractivity contribution < 1.29 is 4.74 Å². The van der Waals surface area contributed by atoms with Crippen molar-refractivity contribution in [3.8, 4) is 5.75 Å². The molecule has 4 heteroatoms. The Morgan fingerprint density at radius 1 is 1.32 bits per heavy atom. The smallest absolute Gasteiger partial charge is 0.144 e. The SMILES string of the molecule is CC1(C)Cc2cccc(CNc3cnccn3)c2O1. The first-order chi connectivity index (χ1) is 9.14. The van der Waals surface area contributed by atoms with Crippen molar-refractivity contribution in [2.75, 3.05) is 5.32 Å². The van der Waals surface area contributed by atoms with Crippen LogP contribution in [0.5, 0.6) is 5.75 Å². The standard InChI is InChI=1S/C15H17N3O/c1-15(2)8-11-4-3-5-12(14(11)19-15)9-18-13-10-16-6-7-17-13/h3-7,10H,8-9H2,1-2H3,(H,17,18). The maximum Gasteiger partial charge on any atom is 0.144 e. The molecule has 1 aromatic heterocycles. The number of benzene rings is 1. The Kier molecular flexibility index (Phi) is 2.85. The molecule has 19 heavy (non-hydrogen) atoms. The zero-order valence-electron chi connectivity index (χ0n) is 11.2. The number of anilines is 1. The van der Waals surface area contributed by atoms with Gasteiger partial charge in [0.15, 0.2) is 0 Å². The number of nitrogens with one attached hydrogen (secondary N) is 1. The summed E-state index contributed by atoms with van der Waals surface area (Å²) < 4.78 is 6.04. The second-order valence-corrected chi connectivity index (χ2v) is 5.39. The van der Waals surface area contributed by atoms with Crippen LogP contribution >= 0.6 is 0 Å². The molecule has 1 N–H and O–H groups in total. The molecule has 0 aliphatic carbocycles. The average Bonchev–Trinajstić information content (AvgIpc) is 2.72. The molecule has 1 aromatic carbocycles. The van der Waals surface area contributed by atoms with Crippen LogP contribution in [-0.2, 0) is 13.0 Å². The second kappa shape index (κ2) is 4.53. The number of hydrogen-bond acceptors (Lipinski definition) is 4. The van der Waals surface area contributed by atoms with E-state index in [0.29, 0.717) is 6.54 Å². The molecule has 0 saturated heterocycles. The summed E-state index contributed by atoms with van der Waals surface area (Å²) >= 11 is 0. The first kappa shape index (κ1) is 12.0. The van der Waals surface area contributed by atoms with Gasteiger partial charge in [0.2, 0.25) is 0 Å². The molecule has 0 spiro atoms. The number of aromatic nitrogens is 2. The molecule has 0 atom stereocenters. The van der Waals surface area contributed by atoms with Gasteiger partial charge in [-0.1, -0.05) is 18.2 Å². The quantitative estimate of drug-likeness (QED) is 0.916. The van der Waals surface area contributed by atoms with Crippen molar-refractivity contribution in [2.24, 2.45) is 0 Å². The van der Waals surface area contributed by atoms with Gasteiger partial charge in [0.05, 0.1) is 6.20 Å². The summed E-state index contributed by atoms with van der Waals surface area (Å²) in [7, 11) is 0. The Labute approximate surface area is 112 Å². The van der Waals surface area contributed by atoms with Gasteiger partial charge in [-0.3, -0.25) is 4.98 Å². The minimum absolute atomic E-state index is 0.106. The molecule has 0 fully saturated rings. The Bertz CT molecular complexity index is 581. The van der Waals surface area contributed by atoms with E-state index in [1.807, 2.05) is 0 Å². The fourth-order valence-corrected chi connectivity index (χ4v) is 2.39. The van der Waals surface area contributed by atoms with Crippen LogP contribution in [0.15, 0.2) is 36.8 Å². The van der Waals surface area contributed by atoms with Gasteiger partial charge in [-0.15, -0.1) is 0 Å². The maximum absolute atomic E-state index is 6.04. The van der Waals surface area contributed by atoms with Crippen LogP contribution in [0.25, 0.3) is 0 Å². The largest absolute Gasteiger partial charge is 0.487 e. The second-order valence-electron chi connectivity index (χ2n) is 5.39. The molecule has 2 aromatic rings. The van der Waals surface area contributed by atoms with Crippen LogP contribution in [0, 0.1) is 0 Å². The van der Waals surface area contributed by atoms with E-state index >= 15 is 0 Å². The summed E-state index contributed by atoms with van der Waals surface area (Å²) in [5, 5.41) is 3.26. The highest BCUT2D eigenvalue weighted by Gasteiger charge is 2.31. The molecule has 1 aliphatic heterocycles. The molecule has 2 heterocycles. The Morgan fingerprint density at radius 3 is 3.00 bits per heavy atom. The van der Waals surface area contributed by atoms with Gasteiger partial charge in [0.25, 0.3) is 0 Å².